The van der Waals surface area contributed by atoms with Gasteiger partial charge in [0.25, 0.3) is 0 Å². The normalized spacial score (nSPS) is 48.5. The van der Waals surface area contributed by atoms with Crippen LogP contribution in [-0.4, -0.2) is 17.8 Å². The molecule has 0 amide bonds. The third-order valence-electron chi connectivity index (χ3n) is 6.18. The van der Waals surface area contributed by atoms with Crippen LogP contribution < -0.4 is 5.32 Å². The second kappa shape index (κ2) is 3.44. The Balaban J connectivity index is 1.49. The highest BCUT2D eigenvalue weighted by atomic mass is 19.4. The van der Waals surface area contributed by atoms with E-state index in [2.05, 4.69) is 5.32 Å². The third-order valence-corrected chi connectivity index (χ3v) is 6.18. The molecule has 0 aromatic rings. The van der Waals surface area contributed by atoms with E-state index in [0.29, 0.717) is 18.8 Å². The Morgan fingerprint density at radius 3 is 2.33 bits per heavy atom. The highest BCUT2D eigenvalue weighted by Gasteiger charge is 2.65. The molecule has 4 aliphatic carbocycles. The summed E-state index contributed by atoms with van der Waals surface area (Å²) in [6.07, 6.45) is 2.64. The van der Waals surface area contributed by atoms with Gasteiger partial charge >= 0.3 is 6.18 Å². The maximum Gasteiger partial charge on any atom is 0.406 e. The molecule has 1 nitrogen and oxygen atoms in total. The quantitative estimate of drug-likeness (QED) is 0.800. The fourth-order valence-corrected chi connectivity index (χ4v) is 5.22. The molecule has 4 fully saturated rings. The van der Waals surface area contributed by atoms with E-state index < -0.39 is 11.7 Å². The Bertz CT molecular complexity index is 361. The van der Waals surface area contributed by atoms with Crippen LogP contribution in [0.2, 0.25) is 0 Å². The van der Waals surface area contributed by atoms with Crippen LogP contribution >= 0.6 is 0 Å². The number of rotatable bonds is 2. The van der Waals surface area contributed by atoms with Crippen LogP contribution in [0.5, 0.6) is 0 Å². The van der Waals surface area contributed by atoms with Crippen LogP contribution in [0.15, 0.2) is 0 Å². The fourth-order valence-electron chi connectivity index (χ4n) is 5.22. The van der Waals surface area contributed by atoms with E-state index in [1.807, 2.05) is 0 Å². The first-order chi connectivity index (χ1) is 8.50. The molecule has 2 bridgehead atoms. The molecule has 4 rings (SSSR count). The van der Waals surface area contributed by atoms with Gasteiger partial charge in [0.1, 0.15) is 5.54 Å². The molecule has 1 N–H and O–H groups in total. The van der Waals surface area contributed by atoms with Crippen LogP contribution in [0.4, 0.5) is 13.2 Å². The number of hydrogen-bond donors (Lipinski definition) is 1. The predicted octanol–water partition coefficient (Wildman–Crippen LogP) is 3.50. The summed E-state index contributed by atoms with van der Waals surface area (Å²) >= 11 is 0. The average molecular weight is 259 g/mol. The largest absolute Gasteiger partial charge is 0.406 e. The van der Waals surface area contributed by atoms with E-state index in [0.717, 1.165) is 24.2 Å². The van der Waals surface area contributed by atoms with Crippen molar-refractivity contribution in [1.29, 1.82) is 0 Å². The Morgan fingerprint density at radius 1 is 0.944 bits per heavy atom. The molecule has 0 aromatic carbocycles. The molecule has 0 radical (unpaired) electrons. The average Bonchev–Trinajstić information content (AvgIpc) is 2.70. The van der Waals surface area contributed by atoms with Gasteiger partial charge in [-0.05, 0) is 62.2 Å². The first-order valence-electron chi connectivity index (χ1n) is 7.35. The van der Waals surface area contributed by atoms with Crippen LogP contribution in [0.25, 0.3) is 0 Å². The lowest BCUT2D eigenvalue weighted by molar-refractivity contribution is -0.169. The van der Waals surface area contributed by atoms with E-state index in [9.17, 15) is 13.2 Å². The molecule has 0 spiro atoms. The van der Waals surface area contributed by atoms with Gasteiger partial charge in [-0.25, -0.2) is 0 Å². The first kappa shape index (κ1) is 11.6. The number of nitrogens with one attached hydrogen (secondary N) is 1. The summed E-state index contributed by atoms with van der Waals surface area (Å²) in [5.74, 6) is 2.87. The first-order valence-corrected chi connectivity index (χ1v) is 7.35. The SMILES string of the molecule is FC(F)(F)C1(NC2CC3CC2C2CCCC32)CC1. The summed E-state index contributed by atoms with van der Waals surface area (Å²) in [6.45, 7) is 0. The molecule has 5 atom stereocenters. The van der Waals surface area contributed by atoms with Crippen molar-refractivity contribution < 1.29 is 13.2 Å². The van der Waals surface area contributed by atoms with Gasteiger partial charge in [-0.3, -0.25) is 0 Å². The highest BCUT2D eigenvalue weighted by molar-refractivity contribution is 5.13. The number of alkyl halides is 3. The lowest BCUT2D eigenvalue weighted by Crippen LogP contribution is -2.52. The van der Waals surface area contributed by atoms with Gasteiger partial charge in [0, 0.05) is 6.04 Å². The predicted molar refractivity (Wildman–Crippen MR) is 62.0 cm³/mol. The van der Waals surface area contributed by atoms with E-state index in [1.54, 1.807) is 0 Å². The van der Waals surface area contributed by atoms with Crippen molar-refractivity contribution in [3.05, 3.63) is 0 Å². The summed E-state index contributed by atoms with van der Waals surface area (Å²) in [4.78, 5) is 0. The monoisotopic (exact) mass is 259 g/mol. The van der Waals surface area contributed by atoms with Crippen LogP contribution in [-0.2, 0) is 0 Å². The van der Waals surface area contributed by atoms with Crippen LogP contribution in [0.3, 0.4) is 0 Å². The van der Waals surface area contributed by atoms with Gasteiger partial charge in [-0.1, -0.05) is 6.42 Å². The van der Waals surface area contributed by atoms with Crippen molar-refractivity contribution in [2.24, 2.45) is 23.7 Å². The topological polar surface area (TPSA) is 12.0 Å². The Morgan fingerprint density at radius 2 is 1.67 bits per heavy atom. The second-order valence-electron chi connectivity index (χ2n) is 6.98. The zero-order valence-corrected chi connectivity index (χ0v) is 10.5. The smallest absolute Gasteiger partial charge is 0.301 e. The summed E-state index contributed by atoms with van der Waals surface area (Å²) < 4.78 is 39.0. The minimum Gasteiger partial charge on any atom is -0.301 e. The molecule has 0 heterocycles. The summed E-state index contributed by atoms with van der Waals surface area (Å²) in [6, 6.07) is 0.151. The van der Waals surface area contributed by atoms with Gasteiger partial charge in [0.2, 0.25) is 0 Å². The van der Waals surface area contributed by atoms with Crippen molar-refractivity contribution in [3.63, 3.8) is 0 Å². The van der Waals surface area contributed by atoms with Crippen molar-refractivity contribution in [3.8, 4) is 0 Å². The van der Waals surface area contributed by atoms with E-state index in [-0.39, 0.29) is 6.04 Å². The summed E-state index contributed by atoms with van der Waals surface area (Å²) in [7, 11) is 0. The molecule has 5 unspecified atom stereocenters. The van der Waals surface area contributed by atoms with Gasteiger partial charge in [0.05, 0.1) is 0 Å². The maximum atomic E-state index is 13.0. The van der Waals surface area contributed by atoms with Crippen molar-refractivity contribution in [2.45, 2.75) is 62.7 Å². The zero-order valence-electron chi connectivity index (χ0n) is 10.5. The Kier molecular flexibility index (Phi) is 2.21. The maximum absolute atomic E-state index is 13.0. The molecular formula is C14H20F3N. The van der Waals surface area contributed by atoms with Crippen molar-refractivity contribution >= 4 is 0 Å². The van der Waals surface area contributed by atoms with Gasteiger partial charge in [-0.2, -0.15) is 13.2 Å². The molecule has 102 valence electrons. The van der Waals surface area contributed by atoms with Gasteiger partial charge < -0.3 is 5.32 Å². The fraction of sp³-hybridized carbons (Fsp3) is 1.00. The van der Waals surface area contributed by atoms with E-state index >= 15 is 0 Å². The molecule has 4 saturated carbocycles. The molecule has 0 aromatic heterocycles. The second-order valence-corrected chi connectivity index (χ2v) is 6.98. The minimum absolute atomic E-state index is 0.151. The molecule has 0 saturated heterocycles. The number of fused-ring (bicyclic) bond motifs is 5. The standard InChI is InChI=1S/C14H20F3N/c15-14(16,17)13(4-5-13)18-12-7-8-6-11(12)10-3-1-2-9(8)10/h8-12,18H,1-7H2. The molecule has 4 aliphatic rings. The molecule has 18 heavy (non-hydrogen) atoms. The van der Waals surface area contributed by atoms with Crippen molar-refractivity contribution in [2.75, 3.05) is 0 Å². The van der Waals surface area contributed by atoms with Gasteiger partial charge in [0.15, 0.2) is 0 Å². The van der Waals surface area contributed by atoms with Crippen LogP contribution in [0, 0.1) is 23.7 Å². The van der Waals surface area contributed by atoms with E-state index in [4.69, 9.17) is 0 Å². The lowest BCUT2D eigenvalue weighted by atomic mass is 9.79. The molecule has 4 heteroatoms. The molecular weight excluding hydrogens is 239 g/mol. The van der Waals surface area contributed by atoms with Crippen LogP contribution in [0.1, 0.15) is 44.9 Å². The number of halogens is 3. The highest BCUT2D eigenvalue weighted by Crippen LogP contribution is 2.60. The minimum atomic E-state index is -4.05. The van der Waals surface area contributed by atoms with Gasteiger partial charge in [-0.15, -0.1) is 0 Å². The third kappa shape index (κ3) is 1.44. The Labute approximate surface area is 106 Å². The molecule has 0 aliphatic heterocycles. The lowest BCUT2D eigenvalue weighted by Gasteiger charge is -2.35. The van der Waals surface area contributed by atoms with Crippen molar-refractivity contribution in [1.82, 2.24) is 5.32 Å². The number of hydrogen-bond acceptors (Lipinski definition) is 1. The Hall–Kier alpha value is -0.250. The zero-order chi connectivity index (χ0) is 12.5. The summed E-state index contributed by atoms with van der Waals surface area (Å²) in [5.41, 5.74) is -1.50. The summed E-state index contributed by atoms with van der Waals surface area (Å²) in [5, 5.41) is 3.03. The van der Waals surface area contributed by atoms with E-state index in [1.165, 1.54) is 25.7 Å².